The quantitative estimate of drug-likeness (QED) is 0.894. The van der Waals surface area contributed by atoms with Crippen LogP contribution in [0.1, 0.15) is 33.6 Å². The number of fused-ring (bicyclic) bond motifs is 1. The lowest BCUT2D eigenvalue weighted by atomic mass is 9.60. The number of hydrogen-bond donors (Lipinski definition) is 1. The molecule has 1 saturated carbocycles. The molecule has 2 aromatic rings. The molecule has 7 nitrogen and oxygen atoms in total. The van der Waals surface area contributed by atoms with Gasteiger partial charge in [-0.15, -0.1) is 0 Å². The molecule has 2 aliphatic rings. The van der Waals surface area contributed by atoms with Gasteiger partial charge in [0.2, 0.25) is 0 Å². The Balaban J connectivity index is 1.36. The third-order valence-electron chi connectivity index (χ3n) is 5.25. The van der Waals surface area contributed by atoms with Crippen molar-refractivity contribution < 1.29 is 14.3 Å². The van der Waals surface area contributed by atoms with E-state index in [9.17, 15) is 4.79 Å². The van der Waals surface area contributed by atoms with Crippen molar-refractivity contribution in [2.24, 2.45) is 5.41 Å². The molecule has 1 spiro atoms. The maximum absolute atomic E-state index is 11.9. The third-order valence-corrected chi connectivity index (χ3v) is 5.25. The van der Waals surface area contributed by atoms with E-state index < -0.39 is 5.60 Å². The number of carbonyl (C=O) groups excluding carboxylic acids is 1. The van der Waals surface area contributed by atoms with E-state index >= 15 is 0 Å². The topological polar surface area (TPSA) is 76.6 Å². The Morgan fingerprint density at radius 2 is 2.00 bits per heavy atom. The van der Waals surface area contributed by atoms with Gasteiger partial charge in [0.25, 0.3) is 0 Å². The van der Waals surface area contributed by atoms with Crippen LogP contribution in [0.4, 0.5) is 10.6 Å². The Morgan fingerprint density at radius 3 is 2.67 bits per heavy atom. The number of benzene rings is 1. The van der Waals surface area contributed by atoms with E-state index in [2.05, 4.69) is 20.2 Å². The highest BCUT2D eigenvalue weighted by atomic mass is 16.6. The number of aromatic nitrogens is 2. The van der Waals surface area contributed by atoms with Crippen LogP contribution in [0.25, 0.3) is 10.9 Å². The summed E-state index contributed by atoms with van der Waals surface area (Å²) >= 11 is 0. The zero-order valence-electron chi connectivity index (χ0n) is 16.3. The molecule has 1 aliphatic heterocycles. The molecule has 0 unspecified atom stereocenters. The average molecular weight is 370 g/mol. The monoisotopic (exact) mass is 370 g/mol. The highest BCUT2D eigenvalue weighted by Gasteiger charge is 2.53. The summed E-state index contributed by atoms with van der Waals surface area (Å²) < 4.78 is 10.6. The number of rotatable bonds is 3. The summed E-state index contributed by atoms with van der Waals surface area (Å²) in [6.45, 7) is 7.54. The van der Waals surface area contributed by atoms with Crippen molar-refractivity contribution in [3.05, 3.63) is 24.5 Å². The molecule has 144 valence electrons. The molecule has 2 fully saturated rings. The van der Waals surface area contributed by atoms with Crippen LogP contribution in [0.2, 0.25) is 0 Å². The second kappa shape index (κ2) is 6.25. The molecule has 1 amide bonds. The van der Waals surface area contributed by atoms with Crippen molar-refractivity contribution in [1.82, 2.24) is 15.3 Å². The van der Waals surface area contributed by atoms with Gasteiger partial charge in [-0.3, -0.25) is 0 Å². The Bertz CT molecular complexity index is 863. The molecule has 1 saturated heterocycles. The summed E-state index contributed by atoms with van der Waals surface area (Å²) in [5.41, 5.74) is 0.706. The molecule has 4 rings (SSSR count). The number of amides is 1. The van der Waals surface area contributed by atoms with Gasteiger partial charge in [-0.25, -0.2) is 14.8 Å². The summed E-state index contributed by atoms with van der Waals surface area (Å²) in [7, 11) is 1.65. The summed E-state index contributed by atoms with van der Waals surface area (Å²) in [5, 5.41) is 4.01. The Labute approximate surface area is 159 Å². The number of methoxy groups -OCH3 is 1. The van der Waals surface area contributed by atoms with Crippen LogP contribution in [-0.2, 0) is 4.74 Å². The summed E-state index contributed by atoms with van der Waals surface area (Å²) in [4.78, 5) is 23.0. The van der Waals surface area contributed by atoms with Crippen molar-refractivity contribution in [1.29, 1.82) is 0 Å². The molecule has 0 radical (unpaired) electrons. The molecule has 1 aliphatic carbocycles. The third kappa shape index (κ3) is 3.50. The molecular weight excluding hydrogens is 344 g/mol. The first-order chi connectivity index (χ1) is 12.8. The van der Waals surface area contributed by atoms with Gasteiger partial charge in [0.1, 0.15) is 23.5 Å². The van der Waals surface area contributed by atoms with Crippen LogP contribution >= 0.6 is 0 Å². The predicted molar refractivity (Wildman–Crippen MR) is 103 cm³/mol. The fourth-order valence-corrected chi connectivity index (χ4v) is 4.13. The van der Waals surface area contributed by atoms with Crippen LogP contribution in [0.3, 0.4) is 0 Å². The Hall–Kier alpha value is -2.57. The number of carbonyl (C=O) groups is 1. The molecule has 1 aromatic heterocycles. The molecule has 7 heteroatoms. The van der Waals surface area contributed by atoms with Gasteiger partial charge in [-0.05, 0) is 45.7 Å². The number of ether oxygens (including phenoxy) is 2. The maximum atomic E-state index is 11.9. The normalized spacial score (nSPS) is 18.7. The lowest BCUT2D eigenvalue weighted by molar-refractivity contribution is 0.0214. The minimum absolute atomic E-state index is 0.202. The lowest BCUT2D eigenvalue weighted by Crippen LogP contribution is -2.67. The molecule has 0 atom stereocenters. The molecular formula is C20H26N4O3. The van der Waals surface area contributed by atoms with Crippen molar-refractivity contribution in [2.75, 3.05) is 25.1 Å². The van der Waals surface area contributed by atoms with Gasteiger partial charge in [0.05, 0.1) is 12.6 Å². The van der Waals surface area contributed by atoms with Crippen LogP contribution in [0.15, 0.2) is 24.5 Å². The standard InChI is InChI=1S/C20H26N4O3/c1-19(2,3)27-18(25)23-13-8-20(9-13)10-24(11-20)17-15-6-5-14(26-4)7-16(15)21-12-22-17/h5-7,12-13H,8-11H2,1-4H3,(H,23,25). The second-order valence-corrected chi connectivity index (χ2v) is 8.69. The molecule has 27 heavy (non-hydrogen) atoms. The van der Waals surface area contributed by atoms with Crippen LogP contribution < -0.4 is 15.0 Å². The minimum Gasteiger partial charge on any atom is -0.497 e. The fourth-order valence-electron chi connectivity index (χ4n) is 4.13. The van der Waals surface area contributed by atoms with E-state index in [1.807, 2.05) is 39.0 Å². The first kappa shape index (κ1) is 17.8. The van der Waals surface area contributed by atoms with Crippen LogP contribution in [0, 0.1) is 5.41 Å². The van der Waals surface area contributed by atoms with Crippen molar-refractivity contribution >= 4 is 22.8 Å². The molecule has 0 bridgehead atoms. The SMILES string of the molecule is COc1ccc2c(N3CC4(CC(NC(=O)OC(C)(C)C)C4)C3)ncnc2c1. The van der Waals surface area contributed by atoms with Crippen molar-refractivity contribution in [3.8, 4) is 5.75 Å². The van der Waals surface area contributed by atoms with Gasteiger partial charge in [-0.2, -0.15) is 0 Å². The minimum atomic E-state index is -0.463. The first-order valence-electron chi connectivity index (χ1n) is 9.30. The van der Waals surface area contributed by atoms with Crippen molar-refractivity contribution in [3.63, 3.8) is 0 Å². The highest BCUT2D eigenvalue weighted by molar-refractivity contribution is 5.90. The Kier molecular flexibility index (Phi) is 4.13. The van der Waals surface area contributed by atoms with E-state index in [0.717, 1.165) is 48.4 Å². The number of nitrogens with one attached hydrogen (secondary N) is 1. The average Bonchev–Trinajstić information content (AvgIpc) is 2.53. The maximum Gasteiger partial charge on any atom is 0.407 e. The van der Waals surface area contributed by atoms with E-state index in [1.165, 1.54) is 0 Å². The second-order valence-electron chi connectivity index (χ2n) is 8.69. The van der Waals surface area contributed by atoms with E-state index in [1.54, 1.807) is 13.4 Å². The number of anilines is 1. The first-order valence-corrected chi connectivity index (χ1v) is 9.30. The van der Waals surface area contributed by atoms with Gasteiger partial charge < -0.3 is 19.7 Å². The van der Waals surface area contributed by atoms with Crippen molar-refractivity contribution in [2.45, 2.75) is 45.3 Å². The molecule has 1 N–H and O–H groups in total. The summed E-state index contributed by atoms with van der Waals surface area (Å²) in [6.07, 6.45) is 3.25. The van der Waals surface area contributed by atoms with Crippen LogP contribution in [-0.4, -0.2) is 47.9 Å². The summed E-state index contributed by atoms with van der Waals surface area (Å²) in [6, 6.07) is 6.09. The molecule has 1 aromatic carbocycles. The number of nitrogens with zero attached hydrogens (tertiary/aromatic N) is 3. The van der Waals surface area contributed by atoms with E-state index in [4.69, 9.17) is 9.47 Å². The van der Waals surface area contributed by atoms with Gasteiger partial charge in [-0.1, -0.05) is 0 Å². The molecule has 2 heterocycles. The largest absolute Gasteiger partial charge is 0.497 e. The lowest BCUT2D eigenvalue weighted by Gasteiger charge is -2.59. The fraction of sp³-hybridized carbons (Fsp3) is 0.550. The van der Waals surface area contributed by atoms with Gasteiger partial charge in [0, 0.05) is 36.0 Å². The zero-order valence-corrected chi connectivity index (χ0v) is 16.3. The zero-order chi connectivity index (χ0) is 19.2. The van der Waals surface area contributed by atoms with Gasteiger partial charge in [0.15, 0.2) is 0 Å². The summed E-state index contributed by atoms with van der Waals surface area (Å²) in [5.74, 6) is 1.76. The number of hydrogen-bond acceptors (Lipinski definition) is 6. The van der Waals surface area contributed by atoms with E-state index in [0.29, 0.717) is 0 Å². The van der Waals surface area contributed by atoms with E-state index in [-0.39, 0.29) is 17.6 Å². The van der Waals surface area contributed by atoms with Crippen LogP contribution in [0.5, 0.6) is 5.75 Å². The van der Waals surface area contributed by atoms with Gasteiger partial charge >= 0.3 is 6.09 Å². The Morgan fingerprint density at radius 1 is 1.26 bits per heavy atom. The highest BCUT2D eigenvalue weighted by Crippen LogP contribution is 2.50. The predicted octanol–water partition coefficient (Wildman–Crippen LogP) is 3.13. The number of alkyl carbamates (subject to hydrolysis) is 1. The smallest absolute Gasteiger partial charge is 0.407 e.